The predicted molar refractivity (Wildman–Crippen MR) is 62.7 cm³/mol. The van der Waals surface area contributed by atoms with E-state index in [1.807, 2.05) is 20.9 Å². The summed E-state index contributed by atoms with van der Waals surface area (Å²) in [6.45, 7) is 4.53. The summed E-state index contributed by atoms with van der Waals surface area (Å²) < 4.78 is 37.8. The largest absolute Gasteiger partial charge is 0.391 e. The number of hydrogen-bond acceptors (Lipinski definition) is 2. The van der Waals surface area contributed by atoms with Crippen LogP contribution < -0.4 is 5.73 Å². The molecule has 0 heterocycles. The third-order valence-corrected chi connectivity index (χ3v) is 4.28. The van der Waals surface area contributed by atoms with Crippen LogP contribution in [0, 0.1) is 5.92 Å². The van der Waals surface area contributed by atoms with Gasteiger partial charge in [-0.15, -0.1) is 0 Å². The van der Waals surface area contributed by atoms with Crippen molar-refractivity contribution in [2.24, 2.45) is 11.7 Å². The Balaban J connectivity index is 2.70. The molecule has 0 radical (unpaired) electrons. The van der Waals surface area contributed by atoms with Crippen molar-refractivity contribution in [3.8, 4) is 0 Å². The summed E-state index contributed by atoms with van der Waals surface area (Å²) in [6, 6.07) is 0.306. The molecule has 1 saturated carbocycles. The highest BCUT2D eigenvalue weighted by atomic mass is 19.4. The zero-order valence-electron chi connectivity index (χ0n) is 10.8. The molecule has 0 aromatic carbocycles. The number of halogens is 3. The van der Waals surface area contributed by atoms with Crippen LogP contribution in [0.1, 0.15) is 39.5 Å². The van der Waals surface area contributed by atoms with Gasteiger partial charge in [-0.2, -0.15) is 13.2 Å². The van der Waals surface area contributed by atoms with Crippen molar-refractivity contribution in [2.45, 2.75) is 57.3 Å². The molecule has 0 atom stereocenters. The monoisotopic (exact) mass is 252 g/mol. The van der Waals surface area contributed by atoms with Gasteiger partial charge >= 0.3 is 6.18 Å². The lowest BCUT2D eigenvalue weighted by Gasteiger charge is -2.48. The van der Waals surface area contributed by atoms with Crippen molar-refractivity contribution in [3.63, 3.8) is 0 Å². The molecule has 102 valence electrons. The van der Waals surface area contributed by atoms with Crippen molar-refractivity contribution in [1.82, 2.24) is 4.90 Å². The molecule has 1 aliphatic rings. The van der Waals surface area contributed by atoms with Crippen LogP contribution in [-0.4, -0.2) is 36.2 Å². The van der Waals surface area contributed by atoms with Crippen LogP contribution in [0.3, 0.4) is 0 Å². The van der Waals surface area contributed by atoms with E-state index in [1.54, 1.807) is 0 Å². The molecule has 1 fully saturated rings. The van der Waals surface area contributed by atoms with Gasteiger partial charge in [-0.1, -0.05) is 0 Å². The summed E-state index contributed by atoms with van der Waals surface area (Å²) in [6.07, 6.45) is -2.54. The summed E-state index contributed by atoms with van der Waals surface area (Å²) in [4.78, 5) is 2.14. The van der Waals surface area contributed by atoms with E-state index in [0.29, 0.717) is 25.4 Å². The lowest BCUT2D eigenvalue weighted by Crippen LogP contribution is -2.57. The maximum Gasteiger partial charge on any atom is 0.391 e. The van der Waals surface area contributed by atoms with Gasteiger partial charge in [0.05, 0.1) is 5.92 Å². The molecule has 17 heavy (non-hydrogen) atoms. The van der Waals surface area contributed by atoms with Crippen molar-refractivity contribution in [2.75, 3.05) is 13.6 Å². The second-order valence-corrected chi connectivity index (χ2v) is 5.45. The number of rotatable bonds is 3. The lowest BCUT2D eigenvalue weighted by molar-refractivity contribution is -0.188. The average molecular weight is 252 g/mol. The zero-order chi connectivity index (χ0) is 13.3. The third kappa shape index (κ3) is 3.13. The first-order chi connectivity index (χ1) is 7.73. The van der Waals surface area contributed by atoms with Gasteiger partial charge in [0.1, 0.15) is 0 Å². The number of hydrogen-bond donors (Lipinski definition) is 1. The molecule has 0 aromatic heterocycles. The molecule has 0 saturated heterocycles. The Morgan fingerprint density at radius 1 is 1.29 bits per heavy atom. The third-order valence-electron chi connectivity index (χ3n) is 4.28. The SMILES string of the molecule is CC(C)N(C)C1(CN)CCC(C(F)(F)F)CC1. The van der Waals surface area contributed by atoms with E-state index < -0.39 is 12.1 Å². The van der Waals surface area contributed by atoms with Gasteiger partial charge in [0, 0.05) is 18.1 Å². The molecule has 2 N–H and O–H groups in total. The van der Waals surface area contributed by atoms with Crippen LogP contribution in [0.5, 0.6) is 0 Å². The lowest BCUT2D eigenvalue weighted by atomic mass is 9.75. The van der Waals surface area contributed by atoms with E-state index in [4.69, 9.17) is 5.73 Å². The molecule has 0 spiro atoms. The molecular formula is C12H23F3N2. The Morgan fingerprint density at radius 3 is 2.06 bits per heavy atom. The van der Waals surface area contributed by atoms with E-state index in [0.717, 1.165) is 0 Å². The summed E-state index contributed by atoms with van der Waals surface area (Å²) in [5.41, 5.74) is 5.57. The van der Waals surface area contributed by atoms with Crippen molar-refractivity contribution in [3.05, 3.63) is 0 Å². The van der Waals surface area contributed by atoms with Crippen molar-refractivity contribution >= 4 is 0 Å². The zero-order valence-corrected chi connectivity index (χ0v) is 10.8. The van der Waals surface area contributed by atoms with E-state index in [1.165, 1.54) is 0 Å². The van der Waals surface area contributed by atoms with Crippen molar-refractivity contribution < 1.29 is 13.2 Å². The molecule has 1 rings (SSSR count). The fourth-order valence-electron chi connectivity index (χ4n) is 2.73. The minimum absolute atomic E-state index is 0.206. The van der Waals surface area contributed by atoms with E-state index in [2.05, 4.69) is 4.90 Å². The summed E-state index contributed by atoms with van der Waals surface area (Å²) in [5, 5.41) is 0. The summed E-state index contributed by atoms with van der Waals surface area (Å²) >= 11 is 0. The number of alkyl halides is 3. The molecule has 5 heteroatoms. The normalized spacial score (nSPS) is 31.2. The minimum Gasteiger partial charge on any atom is -0.329 e. The van der Waals surface area contributed by atoms with Gasteiger partial charge in [-0.05, 0) is 46.6 Å². The molecule has 0 aliphatic heterocycles. The van der Waals surface area contributed by atoms with Gasteiger partial charge in [-0.25, -0.2) is 0 Å². The highest BCUT2D eigenvalue weighted by Crippen LogP contribution is 2.43. The van der Waals surface area contributed by atoms with Crippen LogP contribution in [0.4, 0.5) is 13.2 Å². The van der Waals surface area contributed by atoms with E-state index >= 15 is 0 Å². The first-order valence-corrected chi connectivity index (χ1v) is 6.22. The molecule has 0 unspecified atom stereocenters. The van der Waals surface area contributed by atoms with Crippen LogP contribution >= 0.6 is 0 Å². The first-order valence-electron chi connectivity index (χ1n) is 6.22. The highest BCUT2D eigenvalue weighted by Gasteiger charge is 2.46. The van der Waals surface area contributed by atoms with Gasteiger partial charge in [-0.3, -0.25) is 4.90 Å². The highest BCUT2D eigenvalue weighted by molar-refractivity contribution is 4.96. The summed E-state index contributed by atoms with van der Waals surface area (Å²) in [7, 11) is 1.96. The molecule has 2 nitrogen and oxygen atoms in total. The maximum atomic E-state index is 12.6. The van der Waals surface area contributed by atoms with E-state index in [9.17, 15) is 13.2 Å². The Hall–Kier alpha value is -0.290. The Bertz CT molecular complexity index is 243. The number of nitrogens with zero attached hydrogens (tertiary/aromatic N) is 1. The topological polar surface area (TPSA) is 29.3 Å². The van der Waals surface area contributed by atoms with Gasteiger partial charge in [0.25, 0.3) is 0 Å². The second kappa shape index (κ2) is 5.14. The fraction of sp³-hybridized carbons (Fsp3) is 1.00. The number of nitrogens with two attached hydrogens (primary N) is 1. The second-order valence-electron chi connectivity index (χ2n) is 5.45. The fourth-order valence-corrected chi connectivity index (χ4v) is 2.73. The Labute approximate surface area is 101 Å². The molecular weight excluding hydrogens is 229 g/mol. The molecule has 0 amide bonds. The van der Waals surface area contributed by atoms with Crippen LogP contribution in [-0.2, 0) is 0 Å². The Kier molecular flexibility index (Phi) is 4.47. The first kappa shape index (κ1) is 14.8. The van der Waals surface area contributed by atoms with Crippen LogP contribution in [0.15, 0.2) is 0 Å². The maximum absolute atomic E-state index is 12.6. The van der Waals surface area contributed by atoms with Crippen LogP contribution in [0.25, 0.3) is 0 Å². The average Bonchev–Trinajstić information content (AvgIpc) is 2.26. The van der Waals surface area contributed by atoms with Gasteiger partial charge in [0.15, 0.2) is 0 Å². The van der Waals surface area contributed by atoms with Crippen LogP contribution in [0.2, 0.25) is 0 Å². The van der Waals surface area contributed by atoms with Gasteiger partial charge in [0.2, 0.25) is 0 Å². The number of likely N-dealkylation sites (N-methyl/N-ethyl adjacent to an activating group) is 1. The summed E-state index contributed by atoms with van der Waals surface area (Å²) in [5.74, 6) is -1.14. The quantitative estimate of drug-likeness (QED) is 0.837. The Morgan fingerprint density at radius 2 is 1.76 bits per heavy atom. The van der Waals surface area contributed by atoms with Gasteiger partial charge < -0.3 is 5.73 Å². The standard InChI is InChI=1S/C12H23F3N2/c1-9(2)17(3)11(8-16)6-4-10(5-7-11)12(13,14)15/h9-10H,4-8,16H2,1-3H3. The van der Waals surface area contributed by atoms with Crippen molar-refractivity contribution in [1.29, 1.82) is 0 Å². The van der Waals surface area contributed by atoms with E-state index in [-0.39, 0.29) is 18.4 Å². The minimum atomic E-state index is -4.04. The molecule has 1 aliphatic carbocycles. The smallest absolute Gasteiger partial charge is 0.329 e. The predicted octanol–water partition coefficient (Wildman–Crippen LogP) is 2.78. The molecule has 0 aromatic rings. The molecule has 0 bridgehead atoms.